The van der Waals surface area contributed by atoms with E-state index in [1.165, 1.54) is 33.8 Å². The van der Waals surface area contributed by atoms with Gasteiger partial charge in [0.15, 0.2) is 5.78 Å². The van der Waals surface area contributed by atoms with Crippen LogP contribution in [0.25, 0.3) is 6.08 Å². The largest absolute Gasteiger partial charge is 0.348 e. The summed E-state index contributed by atoms with van der Waals surface area (Å²) < 4.78 is 2.46. The molecule has 0 N–H and O–H groups in total. The van der Waals surface area contributed by atoms with Crippen LogP contribution in [0.15, 0.2) is 17.0 Å². The molecule has 2 heterocycles. The molecule has 0 fully saturated rings. The fraction of sp³-hybridized carbons (Fsp3) is 0.577. The number of hydrogen-bond donors (Lipinski definition) is 0. The first kappa shape index (κ1) is 20.7. The average Bonchev–Trinajstić information content (AvgIpc) is 3.17. The maximum absolute atomic E-state index is 14.1. The predicted molar refractivity (Wildman–Crippen MR) is 124 cm³/mol. The van der Waals surface area contributed by atoms with Gasteiger partial charge in [0.25, 0.3) is 0 Å². The molecule has 4 rings (SSSR count). The van der Waals surface area contributed by atoms with E-state index in [-0.39, 0.29) is 5.41 Å². The first-order valence-corrected chi connectivity index (χ1v) is 12.3. The van der Waals surface area contributed by atoms with E-state index in [2.05, 4.69) is 56.7 Å². The highest BCUT2D eigenvalue weighted by atomic mass is 32.1. The van der Waals surface area contributed by atoms with Crippen molar-refractivity contribution in [3.05, 3.63) is 50.0 Å². The van der Waals surface area contributed by atoms with Gasteiger partial charge in [0, 0.05) is 33.9 Å². The summed E-state index contributed by atoms with van der Waals surface area (Å²) in [5, 5.41) is 2.17. The molecule has 0 amide bonds. The van der Waals surface area contributed by atoms with Crippen molar-refractivity contribution in [3.63, 3.8) is 0 Å². The van der Waals surface area contributed by atoms with Crippen molar-refractivity contribution in [2.45, 2.75) is 86.1 Å². The summed E-state index contributed by atoms with van der Waals surface area (Å²) in [5.74, 6) is 0.667. The molecule has 0 aromatic carbocycles. The fourth-order valence-corrected chi connectivity index (χ4v) is 6.32. The number of Topliss-reactive ketones (excluding diaryl/α,β-unsaturated/α-hetero) is 1. The number of nitrogens with zero attached hydrogens (tertiary/aromatic N) is 1. The summed E-state index contributed by atoms with van der Waals surface area (Å²) in [6.45, 7) is 12.4. The van der Waals surface area contributed by atoms with Crippen molar-refractivity contribution in [2.75, 3.05) is 0 Å². The molecule has 1 atom stereocenters. The molecular weight excluding hydrogens is 374 g/mol. The zero-order chi connectivity index (χ0) is 20.8. The van der Waals surface area contributed by atoms with Gasteiger partial charge in [-0.05, 0) is 91.9 Å². The second-order valence-electron chi connectivity index (χ2n) is 9.75. The first-order chi connectivity index (χ1) is 13.9. The molecule has 0 saturated carbocycles. The SMILES string of the molecule is CCCn1c(C)c(C(=O)C2=Cc3ccsc3CCC2CC)c2c1CCC(C)(C)C2. The summed E-state index contributed by atoms with van der Waals surface area (Å²) in [6, 6.07) is 2.19. The molecule has 0 aliphatic heterocycles. The van der Waals surface area contributed by atoms with Crippen molar-refractivity contribution >= 4 is 23.2 Å². The van der Waals surface area contributed by atoms with Gasteiger partial charge in [-0.3, -0.25) is 4.79 Å². The number of thiophene rings is 1. The molecule has 156 valence electrons. The Morgan fingerprint density at radius 3 is 2.79 bits per heavy atom. The van der Waals surface area contributed by atoms with Crippen molar-refractivity contribution in [2.24, 2.45) is 11.3 Å². The van der Waals surface area contributed by atoms with Crippen LogP contribution >= 0.6 is 11.3 Å². The Hall–Kier alpha value is -1.61. The lowest BCUT2D eigenvalue weighted by molar-refractivity contribution is 0.102. The molecular formula is C26H35NOS. The number of fused-ring (bicyclic) bond motifs is 2. The van der Waals surface area contributed by atoms with Gasteiger partial charge in [-0.25, -0.2) is 0 Å². The molecule has 3 heteroatoms. The quantitative estimate of drug-likeness (QED) is 0.486. The summed E-state index contributed by atoms with van der Waals surface area (Å²) in [4.78, 5) is 15.5. The van der Waals surface area contributed by atoms with E-state index in [1.54, 1.807) is 0 Å². The molecule has 2 nitrogen and oxygen atoms in total. The zero-order valence-corrected chi connectivity index (χ0v) is 19.5. The zero-order valence-electron chi connectivity index (χ0n) is 18.7. The smallest absolute Gasteiger partial charge is 0.191 e. The van der Waals surface area contributed by atoms with Crippen LogP contribution in [-0.2, 0) is 25.8 Å². The number of carbonyl (C=O) groups excluding carboxylic acids is 1. The molecule has 0 saturated heterocycles. The Morgan fingerprint density at radius 1 is 1.28 bits per heavy atom. The van der Waals surface area contributed by atoms with Crippen LogP contribution in [0.1, 0.15) is 91.1 Å². The van der Waals surface area contributed by atoms with Gasteiger partial charge in [0.05, 0.1) is 0 Å². The number of allylic oxidation sites excluding steroid dienone is 1. The summed E-state index contributed by atoms with van der Waals surface area (Å²) >= 11 is 1.84. The predicted octanol–water partition coefficient (Wildman–Crippen LogP) is 7.02. The molecule has 2 aromatic rings. The molecule has 2 aliphatic rings. The molecule has 29 heavy (non-hydrogen) atoms. The van der Waals surface area contributed by atoms with E-state index in [1.807, 2.05) is 11.3 Å². The van der Waals surface area contributed by atoms with Gasteiger partial charge in [-0.2, -0.15) is 0 Å². The third kappa shape index (κ3) is 3.67. The minimum Gasteiger partial charge on any atom is -0.348 e. The van der Waals surface area contributed by atoms with Gasteiger partial charge < -0.3 is 4.57 Å². The molecule has 2 aromatic heterocycles. The van der Waals surface area contributed by atoms with Crippen molar-refractivity contribution in [3.8, 4) is 0 Å². The van der Waals surface area contributed by atoms with E-state index in [4.69, 9.17) is 0 Å². The Balaban J connectivity index is 1.85. The normalized spacial score (nSPS) is 20.6. The Bertz CT molecular complexity index is 956. The standard InChI is InChI=1S/C26H35NOS/c1-6-13-27-17(3)24(21-16-26(4,5)12-10-22(21)27)25(28)20-15-19-11-14-29-23(19)9-8-18(20)7-2/h11,14-15,18H,6-10,12-13,16H2,1-5H3. The van der Waals surface area contributed by atoms with Gasteiger partial charge >= 0.3 is 0 Å². The van der Waals surface area contributed by atoms with E-state index in [9.17, 15) is 4.79 Å². The van der Waals surface area contributed by atoms with E-state index in [0.29, 0.717) is 11.7 Å². The maximum Gasteiger partial charge on any atom is 0.191 e. The van der Waals surface area contributed by atoms with Crippen LogP contribution < -0.4 is 0 Å². The number of carbonyl (C=O) groups is 1. The average molecular weight is 410 g/mol. The molecule has 0 spiro atoms. The molecule has 1 unspecified atom stereocenters. The van der Waals surface area contributed by atoms with Gasteiger partial charge in [-0.1, -0.05) is 27.7 Å². The number of ketones is 1. The second kappa shape index (κ2) is 7.91. The van der Waals surface area contributed by atoms with E-state index < -0.39 is 0 Å². The molecule has 0 radical (unpaired) electrons. The topological polar surface area (TPSA) is 22.0 Å². The minimum absolute atomic E-state index is 0.273. The second-order valence-corrected chi connectivity index (χ2v) is 10.8. The number of aryl methyl sites for hydroxylation is 1. The van der Waals surface area contributed by atoms with Gasteiger partial charge in [-0.15, -0.1) is 11.3 Å². The van der Waals surface area contributed by atoms with Crippen LogP contribution in [0.2, 0.25) is 0 Å². The van der Waals surface area contributed by atoms with Crippen LogP contribution in [0.3, 0.4) is 0 Å². The first-order valence-electron chi connectivity index (χ1n) is 11.4. The summed E-state index contributed by atoms with van der Waals surface area (Å²) in [5.41, 5.74) is 7.61. The van der Waals surface area contributed by atoms with Crippen molar-refractivity contribution in [1.29, 1.82) is 0 Å². The third-order valence-electron chi connectivity index (χ3n) is 7.12. The maximum atomic E-state index is 14.1. The van der Waals surface area contributed by atoms with Gasteiger partial charge in [0.1, 0.15) is 0 Å². The van der Waals surface area contributed by atoms with Crippen molar-refractivity contribution < 1.29 is 4.79 Å². The number of aromatic nitrogens is 1. The number of hydrogen-bond acceptors (Lipinski definition) is 2. The van der Waals surface area contributed by atoms with Crippen LogP contribution in [0, 0.1) is 18.3 Å². The summed E-state index contributed by atoms with van der Waals surface area (Å²) in [6.07, 6.45) is 9.89. The third-order valence-corrected chi connectivity index (χ3v) is 8.11. The van der Waals surface area contributed by atoms with Crippen LogP contribution in [0.5, 0.6) is 0 Å². The fourth-order valence-electron chi connectivity index (χ4n) is 5.44. The monoisotopic (exact) mass is 409 g/mol. The van der Waals surface area contributed by atoms with Crippen LogP contribution in [-0.4, -0.2) is 10.4 Å². The Labute approximate surface area is 180 Å². The van der Waals surface area contributed by atoms with Crippen molar-refractivity contribution in [1.82, 2.24) is 4.57 Å². The minimum atomic E-state index is 0.273. The van der Waals surface area contributed by atoms with E-state index >= 15 is 0 Å². The van der Waals surface area contributed by atoms with Crippen LogP contribution in [0.4, 0.5) is 0 Å². The lowest BCUT2D eigenvalue weighted by Gasteiger charge is -2.31. The highest BCUT2D eigenvalue weighted by Crippen LogP contribution is 2.41. The Kier molecular flexibility index (Phi) is 5.63. The van der Waals surface area contributed by atoms with Gasteiger partial charge in [0.2, 0.25) is 0 Å². The molecule has 2 aliphatic carbocycles. The number of rotatable bonds is 5. The Morgan fingerprint density at radius 2 is 2.07 bits per heavy atom. The highest BCUT2D eigenvalue weighted by Gasteiger charge is 2.35. The lowest BCUT2D eigenvalue weighted by atomic mass is 9.74. The highest BCUT2D eigenvalue weighted by molar-refractivity contribution is 7.10. The summed E-state index contributed by atoms with van der Waals surface area (Å²) in [7, 11) is 0. The van der Waals surface area contributed by atoms with E-state index in [0.717, 1.165) is 56.2 Å². The lowest BCUT2D eigenvalue weighted by Crippen LogP contribution is -2.24. The molecule has 0 bridgehead atoms.